The lowest BCUT2D eigenvalue weighted by Gasteiger charge is -2.06. The minimum Gasteiger partial charge on any atom is -0.390 e. The second kappa shape index (κ2) is 6.10. The Morgan fingerprint density at radius 3 is 2.89 bits per heavy atom. The summed E-state index contributed by atoms with van der Waals surface area (Å²) < 4.78 is 2.86. The van der Waals surface area contributed by atoms with Crippen molar-refractivity contribution in [1.82, 2.24) is 9.55 Å². The van der Waals surface area contributed by atoms with Crippen molar-refractivity contribution in [3.63, 3.8) is 0 Å². The van der Waals surface area contributed by atoms with E-state index in [0.717, 1.165) is 31.7 Å². The van der Waals surface area contributed by atoms with Crippen LogP contribution in [-0.4, -0.2) is 14.7 Å². The van der Waals surface area contributed by atoms with Crippen LogP contribution in [0.25, 0.3) is 0 Å². The van der Waals surface area contributed by atoms with Crippen molar-refractivity contribution in [3.05, 3.63) is 45.1 Å². The Morgan fingerprint density at radius 2 is 2.28 bits per heavy atom. The third kappa shape index (κ3) is 3.09. The molecule has 6 heteroatoms. The highest BCUT2D eigenvalue weighted by atomic mass is 79.9. The lowest BCUT2D eigenvalue weighted by molar-refractivity contribution is 0.271. The number of benzene rings is 1. The quantitative estimate of drug-likeness (QED) is 0.858. The summed E-state index contributed by atoms with van der Waals surface area (Å²) >= 11 is 11.1. The first-order chi connectivity index (χ1) is 8.61. The average Bonchev–Trinajstić information content (AvgIpc) is 2.69. The Hall–Kier alpha value is -0.490. The van der Waals surface area contributed by atoms with Gasteiger partial charge in [-0.05, 0) is 17.7 Å². The highest BCUT2D eigenvalue weighted by molar-refractivity contribution is 9.10. The van der Waals surface area contributed by atoms with Gasteiger partial charge in [-0.1, -0.05) is 45.4 Å². The fraction of sp³-hybridized carbons (Fsp3) is 0.250. The van der Waals surface area contributed by atoms with Gasteiger partial charge in [-0.2, -0.15) is 0 Å². The molecule has 3 nitrogen and oxygen atoms in total. The van der Waals surface area contributed by atoms with E-state index in [0.29, 0.717) is 0 Å². The van der Waals surface area contributed by atoms with Crippen LogP contribution in [0.5, 0.6) is 0 Å². The molecular weight excluding hydrogens is 336 g/mol. The summed E-state index contributed by atoms with van der Waals surface area (Å²) in [6.07, 6.45) is 1.69. The van der Waals surface area contributed by atoms with Crippen LogP contribution >= 0.6 is 39.3 Å². The minimum absolute atomic E-state index is 0.00308. The van der Waals surface area contributed by atoms with Gasteiger partial charge in [0.05, 0.1) is 18.5 Å². The van der Waals surface area contributed by atoms with Crippen molar-refractivity contribution in [2.75, 3.05) is 0 Å². The van der Waals surface area contributed by atoms with E-state index in [9.17, 15) is 0 Å². The standard InChI is InChI=1S/C12H12BrClN2OS/c1-16-10(6-17)5-15-12(16)18-7-8-2-3-9(13)4-11(8)14/h2-5,17H,6-7H2,1H3. The number of rotatable bonds is 4. The number of aliphatic hydroxyl groups is 1. The lowest BCUT2D eigenvalue weighted by Crippen LogP contribution is -1.97. The van der Waals surface area contributed by atoms with Crippen LogP contribution in [0.2, 0.25) is 5.02 Å². The van der Waals surface area contributed by atoms with Crippen molar-refractivity contribution in [3.8, 4) is 0 Å². The van der Waals surface area contributed by atoms with Crippen molar-refractivity contribution in [2.24, 2.45) is 7.05 Å². The molecule has 0 saturated heterocycles. The highest BCUT2D eigenvalue weighted by Gasteiger charge is 2.08. The number of hydrogen-bond donors (Lipinski definition) is 1. The summed E-state index contributed by atoms with van der Waals surface area (Å²) in [5.41, 5.74) is 1.87. The Balaban J connectivity index is 2.09. The molecule has 0 bridgehead atoms. The van der Waals surface area contributed by atoms with Crippen LogP contribution in [0.15, 0.2) is 34.0 Å². The second-order valence-electron chi connectivity index (χ2n) is 3.77. The van der Waals surface area contributed by atoms with Crippen molar-refractivity contribution < 1.29 is 5.11 Å². The number of imidazole rings is 1. The topological polar surface area (TPSA) is 38.0 Å². The van der Waals surface area contributed by atoms with Gasteiger partial charge in [0.1, 0.15) is 0 Å². The van der Waals surface area contributed by atoms with Crippen LogP contribution in [0.4, 0.5) is 0 Å². The molecule has 0 unspecified atom stereocenters. The van der Waals surface area contributed by atoms with Gasteiger partial charge in [-0.3, -0.25) is 0 Å². The molecule has 1 aromatic heterocycles. The fourth-order valence-corrected chi connectivity index (χ4v) is 3.28. The number of thioether (sulfide) groups is 1. The molecule has 1 N–H and O–H groups in total. The van der Waals surface area contributed by atoms with Gasteiger partial charge in [0.2, 0.25) is 0 Å². The second-order valence-corrected chi connectivity index (χ2v) is 6.04. The van der Waals surface area contributed by atoms with Gasteiger partial charge in [0.15, 0.2) is 5.16 Å². The van der Waals surface area contributed by atoms with E-state index >= 15 is 0 Å². The van der Waals surface area contributed by atoms with E-state index < -0.39 is 0 Å². The van der Waals surface area contributed by atoms with Gasteiger partial charge in [0, 0.05) is 22.3 Å². The number of nitrogens with zero attached hydrogens (tertiary/aromatic N) is 2. The van der Waals surface area contributed by atoms with Crippen molar-refractivity contribution in [2.45, 2.75) is 17.5 Å². The zero-order valence-corrected chi connectivity index (χ0v) is 12.9. The first-order valence-corrected chi connectivity index (χ1v) is 7.45. The van der Waals surface area contributed by atoms with E-state index in [4.69, 9.17) is 16.7 Å². The summed E-state index contributed by atoms with van der Waals surface area (Å²) in [5, 5.41) is 10.7. The molecule has 18 heavy (non-hydrogen) atoms. The normalized spacial score (nSPS) is 10.9. The van der Waals surface area contributed by atoms with Gasteiger partial charge in [-0.25, -0.2) is 4.98 Å². The monoisotopic (exact) mass is 346 g/mol. The third-order valence-corrected chi connectivity index (χ3v) is 4.51. The molecule has 0 radical (unpaired) electrons. The Kier molecular flexibility index (Phi) is 4.72. The fourth-order valence-electron chi connectivity index (χ4n) is 1.49. The highest BCUT2D eigenvalue weighted by Crippen LogP contribution is 2.28. The van der Waals surface area contributed by atoms with Crippen LogP contribution in [0.3, 0.4) is 0 Å². The maximum Gasteiger partial charge on any atom is 0.168 e. The molecule has 0 aliphatic heterocycles. The first kappa shape index (κ1) is 13.9. The van der Waals surface area contributed by atoms with Gasteiger partial charge in [0.25, 0.3) is 0 Å². The van der Waals surface area contributed by atoms with Crippen LogP contribution in [0.1, 0.15) is 11.3 Å². The predicted molar refractivity (Wildman–Crippen MR) is 77.8 cm³/mol. The summed E-state index contributed by atoms with van der Waals surface area (Å²) in [5.74, 6) is 0.752. The Labute approximate surface area is 123 Å². The first-order valence-electron chi connectivity index (χ1n) is 5.30. The van der Waals surface area contributed by atoms with E-state index in [2.05, 4.69) is 20.9 Å². The molecule has 0 amide bonds. The zero-order valence-electron chi connectivity index (χ0n) is 9.73. The Bertz CT molecular complexity index is 559. The largest absolute Gasteiger partial charge is 0.390 e. The van der Waals surface area contributed by atoms with E-state index in [1.807, 2.05) is 29.8 Å². The van der Waals surface area contributed by atoms with Gasteiger partial charge < -0.3 is 9.67 Å². The third-order valence-electron chi connectivity index (χ3n) is 2.58. The predicted octanol–water partition coefficient (Wildman–Crippen LogP) is 3.62. The summed E-state index contributed by atoms with van der Waals surface area (Å²) in [4.78, 5) is 4.26. The smallest absolute Gasteiger partial charge is 0.168 e. The van der Waals surface area contributed by atoms with Crippen LogP contribution < -0.4 is 0 Å². The lowest BCUT2D eigenvalue weighted by atomic mass is 10.2. The van der Waals surface area contributed by atoms with Gasteiger partial charge in [-0.15, -0.1) is 0 Å². The van der Waals surface area contributed by atoms with E-state index in [1.54, 1.807) is 18.0 Å². The maximum absolute atomic E-state index is 9.10. The SMILES string of the molecule is Cn1c(CO)cnc1SCc1ccc(Br)cc1Cl. The molecule has 1 aromatic carbocycles. The molecule has 0 fully saturated rings. The molecule has 0 saturated carbocycles. The van der Waals surface area contributed by atoms with Crippen molar-refractivity contribution in [1.29, 1.82) is 0 Å². The molecule has 2 aromatic rings. The molecule has 1 heterocycles. The zero-order chi connectivity index (χ0) is 13.1. The van der Waals surface area contributed by atoms with E-state index in [1.165, 1.54) is 0 Å². The molecule has 0 spiro atoms. The number of halogens is 2. The summed E-state index contributed by atoms with van der Waals surface area (Å²) in [6.45, 7) is 0.00308. The minimum atomic E-state index is 0.00308. The van der Waals surface area contributed by atoms with Crippen LogP contribution in [0, 0.1) is 0 Å². The van der Waals surface area contributed by atoms with Crippen LogP contribution in [-0.2, 0) is 19.4 Å². The molecule has 2 rings (SSSR count). The molecule has 0 atom stereocenters. The Morgan fingerprint density at radius 1 is 1.50 bits per heavy atom. The number of hydrogen-bond acceptors (Lipinski definition) is 3. The molecule has 0 aliphatic carbocycles. The summed E-state index contributed by atoms with van der Waals surface area (Å²) in [7, 11) is 1.89. The van der Waals surface area contributed by atoms with Crippen molar-refractivity contribution >= 4 is 39.3 Å². The molecular formula is C12H12BrClN2OS. The van der Waals surface area contributed by atoms with E-state index in [-0.39, 0.29) is 6.61 Å². The molecule has 96 valence electrons. The number of aliphatic hydroxyl groups excluding tert-OH is 1. The molecule has 0 aliphatic rings. The summed E-state index contributed by atoms with van der Waals surface area (Å²) in [6, 6.07) is 5.85. The maximum atomic E-state index is 9.10. The number of aromatic nitrogens is 2. The average molecular weight is 348 g/mol. The van der Waals surface area contributed by atoms with Gasteiger partial charge >= 0.3 is 0 Å².